The Morgan fingerprint density at radius 2 is 0.898 bits per heavy atom. The maximum atomic E-state index is 6.55. The standard InChI is InChI=1S/C54H35NOS2Si/c1-2-15-36(16-3-1)40-17-4-5-18-41(40)37-29-31-38(32-30-37)55(39-33-34-43-42-19-6-7-21-45(42)56-46(43)35-39)44-20-14-28-53-54(44)58-49-24-10-13-27-52(49)59(53)50-25-11-8-22-47(50)57-48-23-9-12-26-51(48)59/h1-35H. The number of hydrogen-bond acceptors (Lipinski definition) is 4. The van der Waals surface area contributed by atoms with Crippen LogP contribution in [0.1, 0.15) is 0 Å². The van der Waals surface area contributed by atoms with Crippen molar-refractivity contribution in [3.05, 3.63) is 212 Å². The molecule has 0 saturated heterocycles. The van der Waals surface area contributed by atoms with Crippen molar-refractivity contribution < 1.29 is 4.42 Å². The first-order valence-electron chi connectivity index (χ1n) is 20.0. The van der Waals surface area contributed by atoms with Crippen molar-refractivity contribution in [1.29, 1.82) is 0 Å². The van der Waals surface area contributed by atoms with Gasteiger partial charge in [0.2, 0.25) is 0 Å². The van der Waals surface area contributed by atoms with E-state index in [2.05, 4.69) is 211 Å². The summed E-state index contributed by atoms with van der Waals surface area (Å²) in [6.45, 7) is 0. The third-order valence-electron chi connectivity index (χ3n) is 12.0. The Morgan fingerprint density at radius 1 is 0.373 bits per heavy atom. The molecule has 0 amide bonds. The molecule has 2 nitrogen and oxygen atoms in total. The molecule has 1 aromatic heterocycles. The molecule has 5 heteroatoms. The maximum absolute atomic E-state index is 6.55. The first-order valence-corrected chi connectivity index (χ1v) is 23.6. The first kappa shape index (κ1) is 34.5. The minimum atomic E-state index is -2.78. The van der Waals surface area contributed by atoms with Crippen molar-refractivity contribution in [3.8, 4) is 22.3 Å². The second kappa shape index (κ2) is 13.8. The van der Waals surface area contributed by atoms with Gasteiger partial charge >= 0.3 is 0 Å². The second-order valence-electron chi connectivity index (χ2n) is 15.2. The molecule has 9 aromatic carbocycles. The van der Waals surface area contributed by atoms with E-state index >= 15 is 0 Å². The molecule has 0 N–H and O–H groups in total. The highest BCUT2D eigenvalue weighted by molar-refractivity contribution is 8.01. The van der Waals surface area contributed by atoms with Gasteiger partial charge in [0.1, 0.15) is 11.2 Å². The number of fused-ring (bicyclic) bond motifs is 11. The van der Waals surface area contributed by atoms with E-state index in [1.807, 2.05) is 29.6 Å². The Kier molecular flexibility index (Phi) is 8.08. The Bertz CT molecular complexity index is 3180. The quantitative estimate of drug-likeness (QED) is 0.161. The zero-order chi connectivity index (χ0) is 38.9. The molecule has 2 aliphatic heterocycles. The predicted molar refractivity (Wildman–Crippen MR) is 251 cm³/mol. The van der Waals surface area contributed by atoms with Crippen LogP contribution in [0.25, 0.3) is 44.2 Å². The van der Waals surface area contributed by atoms with Crippen molar-refractivity contribution in [2.45, 2.75) is 19.6 Å². The minimum Gasteiger partial charge on any atom is -0.456 e. The van der Waals surface area contributed by atoms with Crippen LogP contribution in [0.5, 0.6) is 0 Å². The summed E-state index contributed by atoms with van der Waals surface area (Å²) >= 11 is 3.83. The highest BCUT2D eigenvalue weighted by Gasteiger charge is 2.51. The van der Waals surface area contributed by atoms with Crippen LogP contribution in [0.2, 0.25) is 0 Å². The molecule has 1 spiro atoms. The molecule has 3 heterocycles. The van der Waals surface area contributed by atoms with Crippen molar-refractivity contribution in [2.75, 3.05) is 4.90 Å². The zero-order valence-electron chi connectivity index (χ0n) is 31.9. The van der Waals surface area contributed by atoms with Gasteiger partial charge in [0, 0.05) is 47.8 Å². The minimum absolute atomic E-state index is 0.878. The van der Waals surface area contributed by atoms with Crippen LogP contribution >= 0.6 is 23.5 Å². The van der Waals surface area contributed by atoms with E-state index in [0.29, 0.717) is 0 Å². The van der Waals surface area contributed by atoms with Gasteiger partial charge in [-0.1, -0.05) is 175 Å². The van der Waals surface area contributed by atoms with Gasteiger partial charge in [0.25, 0.3) is 0 Å². The van der Waals surface area contributed by atoms with Crippen molar-refractivity contribution in [1.82, 2.24) is 0 Å². The zero-order valence-corrected chi connectivity index (χ0v) is 34.5. The van der Waals surface area contributed by atoms with E-state index in [1.54, 1.807) is 0 Å². The molecule has 59 heavy (non-hydrogen) atoms. The molecular formula is C54H35NOS2Si. The van der Waals surface area contributed by atoms with Crippen molar-refractivity contribution in [3.63, 3.8) is 0 Å². The molecule has 2 aliphatic rings. The largest absolute Gasteiger partial charge is 0.456 e. The Morgan fingerprint density at radius 3 is 1.59 bits per heavy atom. The lowest BCUT2D eigenvalue weighted by Gasteiger charge is -2.44. The normalized spacial score (nSPS) is 13.4. The molecular weight excluding hydrogens is 771 g/mol. The average molecular weight is 806 g/mol. The Labute approximate surface area is 352 Å². The van der Waals surface area contributed by atoms with Gasteiger partial charge in [-0.25, -0.2) is 0 Å². The summed E-state index contributed by atoms with van der Waals surface area (Å²) in [5.41, 5.74) is 9.91. The van der Waals surface area contributed by atoms with Crippen LogP contribution in [-0.4, -0.2) is 8.07 Å². The number of para-hydroxylation sites is 1. The smallest absolute Gasteiger partial charge is 0.184 e. The number of anilines is 3. The Hall–Kier alpha value is -6.50. The predicted octanol–water partition coefficient (Wildman–Crippen LogP) is 12.7. The lowest BCUT2D eigenvalue weighted by Crippen LogP contribution is -2.78. The molecule has 12 rings (SSSR count). The first-order chi connectivity index (χ1) is 29.3. The van der Waals surface area contributed by atoms with Crippen LogP contribution in [-0.2, 0) is 0 Å². The van der Waals surface area contributed by atoms with Crippen LogP contribution in [0.15, 0.2) is 236 Å². The summed E-state index contributed by atoms with van der Waals surface area (Å²) in [6.07, 6.45) is 0. The van der Waals surface area contributed by atoms with E-state index in [9.17, 15) is 0 Å². The van der Waals surface area contributed by atoms with Gasteiger partial charge < -0.3 is 9.32 Å². The van der Waals surface area contributed by atoms with Gasteiger partial charge in [-0.3, -0.25) is 0 Å². The third kappa shape index (κ3) is 5.35. The highest BCUT2D eigenvalue weighted by atomic mass is 32.2. The van der Waals surface area contributed by atoms with Crippen LogP contribution in [0.3, 0.4) is 0 Å². The van der Waals surface area contributed by atoms with Crippen LogP contribution in [0.4, 0.5) is 17.1 Å². The van der Waals surface area contributed by atoms with E-state index in [0.717, 1.165) is 39.0 Å². The summed E-state index contributed by atoms with van der Waals surface area (Å²) in [7, 11) is -2.78. The summed E-state index contributed by atoms with van der Waals surface area (Å²) in [5.74, 6) is 0. The van der Waals surface area contributed by atoms with Gasteiger partial charge in [0.05, 0.1) is 5.69 Å². The highest BCUT2D eigenvalue weighted by Crippen LogP contribution is 2.47. The summed E-state index contributed by atoms with van der Waals surface area (Å²) in [4.78, 5) is 7.80. The van der Waals surface area contributed by atoms with Crippen LogP contribution in [0, 0.1) is 0 Å². The lowest BCUT2D eigenvalue weighted by atomic mass is 9.94. The second-order valence-corrected chi connectivity index (χ2v) is 21.0. The molecule has 0 aliphatic carbocycles. The number of benzene rings is 9. The molecule has 0 unspecified atom stereocenters. The van der Waals surface area contributed by atoms with Crippen molar-refractivity contribution in [2.24, 2.45) is 0 Å². The lowest BCUT2D eigenvalue weighted by molar-refractivity contribution is 0.669. The third-order valence-corrected chi connectivity index (χ3v) is 20.1. The summed E-state index contributed by atoms with van der Waals surface area (Å²) < 4.78 is 6.55. The molecule has 0 bridgehead atoms. The molecule has 10 aromatic rings. The molecule has 0 atom stereocenters. The van der Waals surface area contributed by atoms with Gasteiger partial charge in [0.15, 0.2) is 8.07 Å². The monoisotopic (exact) mass is 805 g/mol. The molecule has 0 fully saturated rings. The average Bonchev–Trinajstić information content (AvgIpc) is 3.68. The topological polar surface area (TPSA) is 16.4 Å². The van der Waals surface area contributed by atoms with Crippen molar-refractivity contribution >= 4 is 91.3 Å². The SMILES string of the molecule is c1ccc(-c2ccccc2-c2ccc(N(c3ccc4c(c3)oc3ccccc34)c3cccc4c3Sc3ccccc3[Si]43c4ccccc4Sc4ccccc43)cc2)cc1. The van der Waals surface area contributed by atoms with Gasteiger partial charge in [-0.05, 0) is 97.6 Å². The fraction of sp³-hybridized carbons (Fsp3) is 0. The number of hydrogen-bond donors (Lipinski definition) is 0. The van der Waals surface area contributed by atoms with E-state index in [-0.39, 0.29) is 0 Å². The number of nitrogens with zero attached hydrogens (tertiary/aromatic N) is 1. The fourth-order valence-corrected chi connectivity index (χ4v) is 18.7. The van der Waals surface area contributed by atoms with Gasteiger partial charge in [-0.15, -0.1) is 0 Å². The van der Waals surface area contributed by atoms with Crippen LogP contribution < -0.4 is 25.6 Å². The van der Waals surface area contributed by atoms with E-state index < -0.39 is 8.07 Å². The Balaban J connectivity index is 1.10. The van der Waals surface area contributed by atoms with E-state index in [4.69, 9.17) is 4.42 Å². The summed E-state index contributed by atoms with van der Waals surface area (Å²) in [5, 5.41) is 8.08. The van der Waals surface area contributed by atoms with Gasteiger partial charge in [-0.2, -0.15) is 0 Å². The maximum Gasteiger partial charge on any atom is 0.184 e. The fourth-order valence-electron chi connectivity index (χ4n) is 9.47. The molecule has 0 saturated carbocycles. The molecule has 0 radical (unpaired) electrons. The molecule has 278 valence electrons. The summed E-state index contributed by atoms with van der Waals surface area (Å²) in [6, 6.07) is 78.1. The number of rotatable bonds is 5. The van der Waals surface area contributed by atoms with E-state index in [1.165, 1.54) is 62.6 Å². The number of furan rings is 1.